The minimum absolute atomic E-state index is 0.0218. The number of amides is 2. The molecule has 5 aromatic rings. The van der Waals surface area contributed by atoms with Crippen LogP contribution < -0.4 is 0 Å². The second kappa shape index (κ2) is 11.5. The lowest BCUT2D eigenvalue weighted by Crippen LogP contribution is -2.54. The SMILES string of the molecule is O=C(c1ccc(Cc2ccc(F)cc2)cc1)N1CCC2(CC1)CN(C(=O)c1ccc(-n3cccn3)nc1)Cc1ccccc12. The number of halogens is 1. The summed E-state index contributed by atoms with van der Waals surface area (Å²) in [6.45, 7) is 2.38. The Labute approximate surface area is 255 Å². The van der Waals surface area contributed by atoms with Gasteiger partial charge in [-0.1, -0.05) is 48.5 Å². The molecule has 0 radical (unpaired) electrons. The Morgan fingerprint density at radius 1 is 0.773 bits per heavy atom. The minimum Gasteiger partial charge on any atom is -0.339 e. The van der Waals surface area contributed by atoms with Crippen molar-refractivity contribution in [3.05, 3.63) is 149 Å². The zero-order valence-corrected chi connectivity index (χ0v) is 24.3. The van der Waals surface area contributed by atoms with Crippen LogP contribution in [0.15, 0.2) is 110 Å². The van der Waals surface area contributed by atoms with Crippen molar-refractivity contribution in [2.45, 2.75) is 31.2 Å². The van der Waals surface area contributed by atoms with Crippen molar-refractivity contribution in [3.63, 3.8) is 0 Å². The lowest BCUT2D eigenvalue weighted by molar-refractivity contribution is 0.0509. The highest BCUT2D eigenvalue weighted by Gasteiger charge is 2.44. The van der Waals surface area contributed by atoms with Crippen LogP contribution in [0.2, 0.25) is 0 Å². The molecule has 2 aliphatic heterocycles. The Morgan fingerprint density at radius 3 is 2.14 bits per heavy atom. The van der Waals surface area contributed by atoms with Crippen LogP contribution >= 0.6 is 0 Å². The van der Waals surface area contributed by atoms with E-state index in [4.69, 9.17) is 0 Å². The van der Waals surface area contributed by atoms with Gasteiger partial charge in [-0.2, -0.15) is 5.10 Å². The molecule has 1 spiro atoms. The van der Waals surface area contributed by atoms with Crippen LogP contribution in [0.3, 0.4) is 0 Å². The van der Waals surface area contributed by atoms with E-state index in [0.717, 1.165) is 29.5 Å². The number of fused-ring (bicyclic) bond motifs is 2. The molecule has 2 aromatic heterocycles. The second-order valence-corrected chi connectivity index (χ2v) is 11.7. The maximum absolute atomic E-state index is 13.7. The third-order valence-corrected chi connectivity index (χ3v) is 8.99. The van der Waals surface area contributed by atoms with Crippen LogP contribution in [0.25, 0.3) is 5.82 Å². The van der Waals surface area contributed by atoms with Crippen LogP contribution in [-0.2, 0) is 18.4 Å². The van der Waals surface area contributed by atoms with E-state index in [0.29, 0.717) is 49.5 Å². The molecule has 0 saturated carbocycles. The lowest BCUT2D eigenvalue weighted by Gasteiger charge is -2.48. The maximum atomic E-state index is 13.7. The summed E-state index contributed by atoms with van der Waals surface area (Å²) in [5.74, 6) is 0.390. The van der Waals surface area contributed by atoms with Gasteiger partial charge < -0.3 is 9.80 Å². The van der Waals surface area contributed by atoms with Crippen molar-refractivity contribution in [2.24, 2.45) is 0 Å². The number of piperidine rings is 1. The fourth-order valence-corrected chi connectivity index (χ4v) is 6.62. The molecule has 7 rings (SSSR count). The van der Waals surface area contributed by atoms with Gasteiger partial charge in [-0.25, -0.2) is 14.1 Å². The quantitative estimate of drug-likeness (QED) is 0.260. The molecule has 44 heavy (non-hydrogen) atoms. The highest BCUT2D eigenvalue weighted by Crippen LogP contribution is 2.42. The number of pyridine rings is 1. The molecule has 220 valence electrons. The van der Waals surface area contributed by atoms with Crippen LogP contribution in [0.5, 0.6) is 0 Å². The first-order chi connectivity index (χ1) is 21.5. The van der Waals surface area contributed by atoms with Gasteiger partial charge in [0.2, 0.25) is 0 Å². The van der Waals surface area contributed by atoms with Crippen molar-refractivity contribution in [1.82, 2.24) is 24.6 Å². The highest BCUT2D eigenvalue weighted by molar-refractivity contribution is 5.95. The average molecular weight is 586 g/mol. The van der Waals surface area contributed by atoms with E-state index in [9.17, 15) is 14.0 Å². The first-order valence-electron chi connectivity index (χ1n) is 14.9. The lowest BCUT2D eigenvalue weighted by atomic mass is 9.68. The zero-order chi connectivity index (χ0) is 30.1. The summed E-state index contributed by atoms with van der Waals surface area (Å²) in [4.78, 5) is 35.6. The molecule has 7 nitrogen and oxygen atoms in total. The fraction of sp³-hybridized carbons (Fsp3) is 0.222. The number of likely N-dealkylation sites (tertiary alicyclic amines) is 1. The molecule has 0 N–H and O–H groups in total. The van der Waals surface area contributed by atoms with Crippen molar-refractivity contribution in [2.75, 3.05) is 19.6 Å². The second-order valence-electron chi connectivity index (χ2n) is 11.7. The number of benzene rings is 3. The van der Waals surface area contributed by atoms with E-state index in [1.54, 1.807) is 29.2 Å². The average Bonchev–Trinajstić information content (AvgIpc) is 3.61. The molecule has 1 fully saturated rings. The first kappa shape index (κ1) is 27.7. The largest absolute Gasteiger partial charge is 0.339 e. The predicted molar refractivity (Wildman–Crippen MR) is 165 cm³/mol. The maximum Gasteiger partial charge on any atom is 0.255 e. The molecule has 0 bridgehead atoms. The van der Waals surface area contributed by atoms with Gasteiger partial charge in [0, 0.05) is 55.7 Å². The van der Waals surface area contributed by atoms with E-state index in [2.05, 4.69) is 28.3 Å². The summed E-state index contributed by atoms with van der Waals surface area (Å²) < 4.78 is 14.9. The Balaban J connectivity index is 1.04. The van der Waals surface area contributed by atoms with Gasteiger partial charge in [-0.05, 0) is 84.0 Å². The number of nitrogens with zero attached hydrogens (tertiary/aromatic N) is 5. The molecule has 4 heterocycles. The topological polar surface area (TPSA) is 71.3 Å². The van der Waals surface area contributed by atoms with Crippen LogP contribution in [0.1, 0.15) is 55.8 Å². The number of carbonyl (C=O) groups is 2. The number of aromatic nitrogens is 3. The third kappa shape index (κ3) is 5.39. The minimum atomic E-state index is -0.247. The van der Waals surface area contributed by atoms with Gasteiger partial charge in [0.05, 0.1) is 5.56 Å². The third-order valence-electron chi connectivity index (χ3n) is 8.99. The Kier molecular flexibility index (Phi) is 7.26. The van der Waals surface area contributed by atoms with Crippen molar-refractivity contribution >= 4 is 11.8 Å². The van der Waals surface area contributed by atoms with E-state index in [-0.39, 0.29) is 23.0 Å². The Morgan fingerprint density at radius 2 is 1.45 bits per heavy atom. The molecule has 2 amide bonds. The normalized spacial score (nSPS) is 15.7. The standard InChI is InChI=1S/C36H32FN5O2/c37-31-13-8-27(9-14-31)22-26-6-10-28(11-7-26)34(43)40-20-16-36(17-21-40)25-41(24-30-4-1-2-5-32(30)36)35(44)29-12-15-33(38-23-29)42-19-3-18-39-42/h1-15,18-19,23H,16-17,20-22,24-25H2. The van der Waals surface area contributed by atoms with Gasteiger partial charge in [-0.15, -0.1) is 0 Å². The van der Waals surface area contributed by atoms with Gasteiger partial charge in [-0.3, -0.25) is 9.59 Å². The van der Waals surface area contributed by atoms with Crippen molar-refractivity contribution in [3.8, 4) is 5.82 Å². The fourth-order valence-electron chi connectivity index (χ4n) is 6.62. The number of hydrogen-bond acceptors (Lipinski definition) is 4. The molecule has 3 aromatic carbocycles. The van der Waals surface area contributed by atoms with Crippen molar-refractivity contribution in [1.29, 1.82) is 0 Å². The van der Waals surface area contributed by atoms with E-state index < -0.39 is 0 Å². The van der Waals surface area contributed by atoms with E-state index >= 15 is 0 Å². The smallest absolute Gasteiger partial charge is 0.255 e. The molecule has 0 aliphatic carbocycles. The zero-order valence-electron chi connectivity index (χ0n) is 24.3. The van der Waals surface area contributed by atoms with Gasteiger partial charge in [0.25, 0.3) is 11.8 Å². The van der Waals surface area contributed by atoms with Crippen LogP contribution in [0, 0.1) is 5.82 Å². The molecule has 8 heteroatoms. The molecule has 0 unspecified atom stereocenters. The summed E-state index contributed by atoms with van der Waals surface area (Å²) >= 11 is 0. The van der Waals surface area contributed by atoms with E-state index in [1.165, 1.54) is 17.7 Å². The van der Waals surface area contributed by atoms with E-state index in [1.807, 2.05) is 64.5 Å². The number of carbonyl (C=O) groups excluding carboxylic acids is 2. The summed E-state index contributed by atoms with van der Waals surface area (Å²) in [5, 5.41) is 4.21. The highest BCUT2D eigenvalue weighted by atomic mass is 19.1. The Bertz CT molecular complexity index is 1780. The molecule has 1 saturated heterocycles. The molecule has 0 atom stereocenters. The van der Waals surface area contributed by atoms with Crippen LogP contribution in [-0.4, -0.2) is 56.0 Å². The predicted octanol–water partition coefficient (Wildman–Crippen LogP) is 5.83. The van der Waals surface area contributed by atoms with Gasteiger partial charge in [0.1, 0.15) is 5.82 Å². The van der Waals surface area contributed by atoms with Gasteiger partial charge in [0.15, 0.2) is 5.82 Å². The van der Waals surface area contributed by atoms with Gasteiger partial charge >= 0.3 is 0 Å². The molecular weight excluding hydrogens is 553 g/mol. The van der Waals surface area contributed by atoms with Crippen LogP contribution in [0.4, 0.5) is 4.39 Å². The Hall–Kier alpha value is -5.11. The molecular formula is C36H32FN5O2. The van der Waals surface area contributed by atoms with Crippen molar-refractivity contribution < 1.29 is 14.0 Å². The summed E-state index contributed by atoms with van der Waals surface area (Å²) in [6, 6.07) is 28.1. The monoisotopic (exact) mass is 585 g/mol. The summed E-state index contributed by atoms with van der Waals surface area (Å²) in [7, 11) is 0. The number of hydrogen-bond donors (Lipinski definition) is 0. The first-order valence-corrected chi connectivity index (χ1v) is 14.9. The number of rotatable bonds is 5. The molecule has 2 aliphatic rings. The summed E-state index contributed by atoms with van der Waals surface area (Å²) in [5.41, 5.74) is 5.53. The summed E-state index contributed by atoms with van der Waals surface area (Å²) in [6.07, 6.45) is 7.37.